The number of hydrogen-bond acceptors (Lipinski definition) is 6. The van der Waals surface area contributed by atoms with Crippen LogP contribution < -0.4 is 0 Å². The fraction of sp³-hybridized carbons (Fsp3) is 0.805. The van der Waals surface area contributed by atoms with Gasteiger partial charge in [0.05, 0.1) is 6.61 Å². The van der Waals surface area contributed by atoms with Crippen molar-refractivity contribution in [3.63, 3.8) is 0 Å². The van der Waals surface area contributed by atoms with Crippen LogP contribution in [0.25, 0.3) is 0 Å². The molecule has 0 fully saturated rings. The van der Waals surface area contributed by atoms with Gasteiger partial charge in [0.25, 0.3) is 0 Å². The molecule has 0 saturated heterocycles. The minimum absolute atomic E-state index is 0.200. The van der Waals surface area contributed by atoms with Crippen molar-refractivity contribution in [1.82, 2.24) is 0 Å². The Bertz CT molecular complexity index is 910. The molecule has 292 valence electrons. The number of carbonyl (C=O) groups is 2. The van der Waals surface area contributed by atoms with Crippen LogP contribution in [0.4, 0.5) is 0 Å². The van der Waals surface area contributed by atoms with Gasteiger partial charge in [-0.2, -0.15) is 0 Å². The number of ether oxygens (including phenoxy) is 2. The molecule has 1 atom stereocenters. The Morgan fingerprint density at radius 2 is 0.900 bits per heavy atom. The molecule has 0 aromatic heterocycles. The summed E-state index contributed by atoms with van der Waals surface area (Å²) in [4.78, 5) is 42.8. The summed E-state index contributed by atoms with van der Waals surface area (Å²) in [6, 6.07) is 0. The van der Waals surface area contributed by atoms with Gasteiger partial charge in [0.2, 0.25) is 0 Å². The molecule has 0 radical (unpaired) electrons. The van der Waals surface area contributed by atoms with Crippen molar-refractivity contribution < 1.29 is 37.9 Å². The Morgan fingerprint density at radius 1 is 0.520 bits per heavy atom. The Labute approximate surface area is 306 Å². The molecule has 0 aliphatic heterocycles. The van der Waals surface area contributed by atoms with E-state index in [4.69, 9.17) is 19.3 Å². The van der Waals surface area contributed by atoms with Gasteiger partial charge in [0, 0.05) is 12.8 Å². The van der Waals surface area contributed by atoms with Crippen molar-refractivity contribution in [3.05, 3.63) is 36.5 Å². The van der Waals surface area contributed by atoms with Crippen molar-refractivity contribution in [2.24, 2.45) is 0 Å². The topological polar surface area (TPSA) is 119 Å². The standard InChI is InChI=1S/C41H75O8P/c1-3-5-7-9-11-13-15-17-19-20-22-23-25-27-29-31-33-35-40(42)47-37-39(38-48-50(44,45)46)49-41(43)36-34-32-30-28-26-24-21-18-16-14-12-10-8-6-4-2/h11,13,17-19,21,39H,3-10,12,14-16,20,22-38H2,1-2H3,(H2,44,45,46)/b13-11+,19-17+,21-18+/t39-/m1/s1. The van der Waals surface area contributed by atoms with E-state index >= 15 is 0 Å². The molecule has 2 N–H and O–H groups in total. The molecule has 0 aliphatic carbocycles. The van der Waals surface area contributed by atoms with Crippen LogP contribution in [0.15, 0.2) is 36.5 Å². The predicted molar refractivity (Wildman–Crippen MR) is 207 cm³/mol. The van der Waals surface area contributed by atoms with Crippen LogP contribution >= 0.6 is 7.82 Å². The van der Waals surface area contributed by atoms with E-state index in [-0.39, 0.29) is 19.4 Å². The summed E-state index contributed by atoms with van der Waals surface area (Å²) in [6.45, 7) is 3.64. The fourth-order valence-electron chi connectivity index (χ4n) is 5.57. The molecule has 0 aromatic carbocycles. The molecule has 50 heavy (non-hydrogen) atoms. The third kappa shape index (κ3) is 39.1. The summed E-state index contributed by atoms with van der Waals surface area (Å²) in [5, 5.41) is 0. The third-order valence-corrected chi connectivity index (χ3v) is 9.12. The summed E-state index contributed by atoms with van der Waals surface area (Å²) in [6.07, 6.45) is 42.9. The Balaban J connectivity index is 3.95. The first-order chi connectivity index (χ1) is 24.3. The molecule has 0 aromatic rings. The van der Waals surface area contributed by atoms with Gasteiger partial charge in [-0.25, -0.2) is 4.57 Å². The molecule has 0 amide bonds. The van der Waals surface area contributed by atoms with Gasteiger partial charge in [-0.1, -0.05) is 147 Å². The minimum atomic E-state index is -4.75. The van der Waals surface area contributed by atoms with Crippen LogP contribution in [0, 0.1) is 0 Å². The Morgan fingerprint density at radius 3 is 1.38 bits per heavy atom. The zero-order valence-electron chi connectivity index (χ0n) is 32.0. The lowest BCUT2D eigenvalue weighted by atomic mass is 10.1. The molecule has 9 heteroatoms. The molecule has 0 bridgehead atoms. The average Bonchev–Trinajstić information content (AvgIpc) is 3.08. The lowest BCUT2D eigenvalue weighted by Gasteiger charge is -2.18. The largest absolute Gasteiger partial charge is 0.469 e. The summed E-state index contributed by atoms with van der Waals surface area (Å²) < 4.78 is 26.3. The monoisotopic (exact) mass is 727 g/mol. The summed E-state index contributed by atoms with van der Waals surface area (Å²) in [5.74, 6) is -0.901. The maximum Gasteiger partial charge on any atom is 0.469 e. The van der Waals surface area contributed by atoms with Gasteiger partial charge in [-0.3, -0.25) is 14.1 Å². The second kappa shape index (κ2) is 37.0. The molecule has 0 rings (SSSR count). The lowest BCUT2D eigenvalue weighted by molar-refractivity contribution is -0.161. The van der Waals surface area contributed by atoms with Crippen molar-refractivity contribution in [1.29, 1.82) is 0 Å². The summed E-state index contributed by atoms with van der Waals surface area (Å²) in [7, 11) is -4.75. The van der Waals surface area contributed by atoms with E-state index in [0.29, 0.717) is 12.8 Å². The maximum absolute atomic E-state index is 12.4. The second-order valence-electron chi connectivity index (χ2n) is 13.6. The molecule has 0 aliphatic rings. The highest BCUT2D eigenvalue weighted by Gasteiger charge is 2.22. The minimum Gasteiger partial charge on any atom is -0.462 e. The molecule has 0 heterocycles. The number of phosphoric acid groups is 1. The van der Waals surface area contributed by atoms with Crippen molar-refractivity contribution in [2.45, 2.75) is 200 Å². The molecular weight excluding hydrogens is 651 g/mol. The predicted octanol–water partition coefficient (Wildman–Crippen LogP) is 12.2. The van der Waals surface area contributed by atoms with Gasteiger partial charge in [-0.15, -0.1) is 0 Å². The van der Waals surface area contributed by atoms with E-state index in [2.05, 4.69) is 54.8 Å². The van der Waals surface area contributed by atoms with Gasteiger partial charge < -0.3 is 19.3 Å². The Kier molecular flexibility index (Phi) is 35.8. The highest BCUT2D eigenvalue weighted by atomic mass is 31.2. The SMILES string of the molecule is CCCCC/C=C/C/C=C/CCCCCCCCCC(=O)OC[C@H](COP(=O)(O)O)OC(=O)CCCCCCC/C=C/CCCCCCCC. The fourth-order valence-corrected chi connectivity index (χ4v) is 5.93. The van der Waals surface area contributed by atoms with Crippen LogP contribution in [-0.2, 0) is 28.2 Å². The van der Waals surface area contributed by atoms with E-state index < -0.39 is 32.5 Å². The third-order valence-electron chi connectivity index (χ3n) is 8.63. The van der Waals surface area contributed by atoms with Gasteiger partial charge in [0.1, 0.15) is 6.61 Å². The highest BCUT2D eigenvalue weighted by molar-refractivity contribution is 7.46. The first-order valence-electron chi connectivity index (χ1n) is 20.3. The molecule has 0 saturated carbocycles. The number of unbranched alkanes of at least 4 members (excludes halogenated alkanes) is 21. The first kappa shape index (κ1) is 48.3. The average molecular weight is 727 g/mol. The van der Waals surface area contributed by atoms with Gasteiger partial charge in [-0.05, 0) is 70.6 Å². The number of esters is 2. The molecule has 0 spiro atoms. The maximum atomic E-state index is 12.4. The highest BCUT2D eigenvalue weighted by Crippen LogP contribution is 2.36. The van der Waals surface area contributed by atoms with Crippen molar-refractivity contribution >= 4 is 19.8 Å². The first-order valence-corrected chi connectivity index (χ1v) is 21.8. The zero-order chi connectivity index (χ0) is 36.8. The quantitative estimate of drug-likeness (QED) is 0.0281. The molecular formula is C41H75O8P. The normalized spacial score (nSPS) is 12.8. The van der Waals surface area contributed by atoms with E-state index in [1.165, 1.54) is 89.9 Å². The second-order valence-corrected chi connectivity index (χ2v) is 14.8. The number of carbonyl (C=O) groups excluding carboxylic acids is 2. The molecule has 8 nitrogen and oxygen atoms in total. The number of allylic oxidation sites excluding steroid dienone is 6. The number of hydrogen-bond donors (Lipinski definition) is 2. The van der Waals surface area contributed by atoms with Crippen LogP contribution in [0.1, 0.15) is 194 Å². The van der Waals surface area contributed by atoms with Crippen LogP contribution in [0.3, 0.4) is 0 Å². The summed E-state index contributed by atoms with van der Waals surface area (Å²) in [5.41, 5.74) is 0. The van der Waals surface area contributed by atoms with E-state index in [9.17, 15) is 14.2 Å². The van der Waals surface area contributed by atoms with E-state index in [1.807, 2.05) is 0 Å². The lowest BCUT2D eigenvalue weighted by Crippen LogP contribution is -2.29. The van der Waals surface area contributed by atoms with Crippen LogP contribution in [-0.4, -0.2) is 41.0 Å². The van der Waals surface area contributed by atoms with Crippen LogP contribution in [0.2, 0.25) is 0 Å². The number of rotatable bonds is 37. The van der Waals surface area contributed by atoms with E-state index in [0.717, 1.165) is 64.2 Å². The van der Waals surface area contributed by atoms with E-state index in [1.54, 1.807) is 0 Å². The smallest absolute Gasteiger partial charge is 0.462 e. The van der Waals surface area contributed by atoms with Crippen LogP contribution in [0.5, 0.6) is 0 Å². The Hall–Kier alpha value is -1.73. The summed E-state index contributed by atoms with van der Waals surface area (Å²) >= 11 is 0. The zero-order valence-corrected chi connectivity index (χ0v) is 32.9. The molecule has 0 unspecified atom stereocenters. The van der Waals surface area contributed by atoms with Crippen molar-refractivity contribution in [2.75, 3.05) is 13.2 Å². The van der Waals surface area contributed by atoms with Crippen molar-refractivity contribution in [3.8, 4) is 0 Å². The van der Waals surface area contributed by atoms with Gasteiger partial charge >= 0.3 is 19.8 Å². The van der Waals surface area contributed by atoms with Gasteiger partial charge in [0.15, 0.2) is 6.10 Å². The number of phosphoric ester groups is 1.